The van der Waals surface area contributed by atoms with Crippen LogP contribution in [-0.4, -0.2) is 25.7 Å². The molecule has 0 bridgehead atoms. The summed E-state index contributed by atoms with van der Waals surface area (Å²) in [6, 6.07) is 5.36. The monoisotopic (exact) mass is 474 g/mol. The maximum atomic E-state index is 11.6. The van der Waals surface area contributed by atoms with E-state index in [1.54, 1.807) is 12.1 Å². The summed E-state index contributed by atoms with van der Waals surface area (Å²) >= 11 is 0. The van der Waals surface area contributed by atoms with Gasteiger partial charge >= 0.3 is 15.6 Å². The van der Waals surface area contributed by atoms with Gasteiger partial charge in [-0.15, -0.1) is 0 Å². The Balaban J connectivity index is 1.67. The molecule has 0 amide bonds. The standard InChI is InChI=1S/C21H32O8P2/c1-3-4-13-11-14-12-15(28-30(22,23)24)5-6-16(14)17-9-10-21(2)18(20(13)17)7-8-19(21)29-31(25,26)27/h5-6,12-13,17-20H,3-4,7-11H2,1-2H3,(H2,22,23,24)(H2,25,26,27)/t13-,17-,18+,19+,20-,21+/m1/s1. The first kappa shape index (κ1) is 23.4. The highest BCUT2D eigenvalue weighted by atomic mass is 31.2. The normalized spacial score (nSPS) is 35.2. The molecule has 174 valence electrons. The van der Waals surface area contributed by atoms with Gasteiger partial charge in [0.25, 0.3) is 0 Å². The van der Waals surface area contributed by atoms with E-state index in [9.17, 15) is 18.9 Å². The van der Waals surface area contributed by atoms with Gasteiger partial charge in [-0.1, -0.05) is 32.8 Å². The van der Waals surface area contributed by atoms with Gasteiger partial charge in [0, 0.05) is 0 Å². The van der Waals surface area contributed by atoms with Crippen LogP contribution in [0.3, 0.4) is 0 Å². The molecule has 8 nitrogen and oxygen atoms in total. The van der Waals surface area contributed by atoms with Gasteiger partial charge in [-0.2, -0.15) is 0 Å². The van der Waals surface area contributed by atoms with E-state index in [1.807, 2.05) is 6.07 Å². The minimum Gasteiger partial charge on any atom is -0.404 e. The van der Waals surface area contributed by atoms with Crippen LogP contribution in [0.4, 0.5) is 0 Å². The van der Waals surface area contributed by atoms with E-state index >= 15 is 0 Å². The third kappa shape index (κ3) is 4.67. The molecule has 0 aliphatic heterocycles. The third-order valence-corrected chi connectivity index (χ3v) is 8.91. The smallest absolute Gasteiger partial charge is 0.404 e. The van der Waals surface area contributed by atoms with E-state index in [4.69, 9.17) is 18.8 Å². The average molecular weight is 474 g/mol. The Hall–Kier alpha value is -0.720. The van der Waals surface area contributed by atoms with E-state index in [-0.39, 0.29) is 11.2 Å². The number of fused-ring (bicyclic) bond motifs is 5. The van der Waals surface area contributed by atoms with Crippen LogP contribution in [0.2, 0.25) is 0 Å². The summed E-state index contributed by atoms with van der Waals surface area (Å²) in [5.41, 5.74) is 2.06. The Morgan fingerprint density at radius 3 is 2.48 bits per heavy atom. The molecule has 31 heavy (non-hydrogen) atoms. The fourth-order valence-electron chi connectivity index (χ4n) is 6.90. The van der Waals surface area contributed by atoms with Gasteiger partial charge in [-0.25, -0.2) is 9.13 Å². The molecule has 4 N–H and O–H groups in total. The first-order valence-electron chi connectivity index (χ1n) is 11.0. The zero-order valence-electron chi connectivity index (χ0n) is 17.9. The molecule has 6 atom stereocenters. The lowest BCUT2D eigenvalue weighted by Crippen LogP contribution is -2.47. The molecular formula is C21H32O8P2. The van der Waals surface area contributed by atoms with Gasteiger partial charge < -0.3 is 14.3 Å². The van der Waals surface area contributed by atoms with E-state index in [1.165, 1.54) is 5.56 Å². The van der Waals surface area contributed by atoms with Crippen molar-refractivity contribution in [3.05, 3.63) is 29.3 Å². The van der Waals surface area contributed by atoms with Crippen LogP contribution in [0.25, 0.3) is 0 Å². The lowest BCUT2D eigenvalue weighted by Gasteiger charge is -2.53. The summed E-state index contributed by atoms with van der Waals surface area (Å²) in [4.78, 5) is 37.1. The van der Waals surface area contributed by atoms with E-state index in [2.05, 4.69) is 13.8 Å². The summed E-state index contributed by atoms with van der Waals surface area (Å²) in [5.74, 6) is 1.67. The first-order chi connectivity index (χ1) is 14.4. The zero-order chi connectivity index (χ0) is 22.6. The predicted octanol–water partition coefficient (Wildman–Crippen LogP) is 4.52. The summed E-state index contributed by atoms with van der Waals surface area (Å²) in [6.07, 6.45) is 5.77. The van der Waals surface area contributed by atoms with Crippen molar-refractivity contribution >= 4 is 15.6 Å². The maximum Gasteiger partial charge on any atom is 0.524 e. The molecule has 4 rings (SSSR count). The van der Waals surface area contributed by atoms with Gasteiger partial charge in [0.05, 0.1) is 6.10 Å². The molecule has 3 aliphatic rings. The van der Waals surface area contributed by atoms with Crippen LogP contribution in [-0.2, 0) is 20.1 Å². The molecule has 1 aromatic carbocycles. The maximum absolute atomic E-state index is 11.6. The Morgan fingerprint density at radius 2 is 1.84 bits per heavy atom. The van der Waals surface area contributed by atoms with Crippen LogP contribution >= 0.6 is 15.6 Å². The van der Waals surface area contributed by atoms with Crippen molar-refractivity contribution in [1.29, 1.82) is 0 Å². The van der Waals surface area contributed by atoms with Crippen molar-refractivity contribution < 1.29 is 37.8 Å². The van der Waals surface area contributed by atoms with Crippen LogP contribution in [0.5, 0.6) is 5.75 Å². The molecule has 10 heteroatoms. The molecule has 1 aromatic rings. The highest BCUT2D eigenvalue weighted by Gasteiger charge is 2.58. The van der Waals surface area contributed by atoms with Gasteiger partial charge in [-0.05, 0) is 84.5 Å². The minimum absolute atomic E-state index is 0.192. The van der Waals surface area contributed by atoms with Crippen molar-refractivity contribution in [2.45, 2.75) is 70.8 Å². The molecule has 0 aromatic heterocycles. The third-order valence-electron chi connectivity index (χ3n) is 7.93. The van der Waals surface area contributed by atoms with Gasteiger partial charge in [0.1, 0.15) is 5.75 Å². The number of benzene rings is 1. The largest absolute Gasteiger partial charge is 0.524 e. The molecule has 2 saturated carbocycles. The molecule has 0 radical (unpaired) electrons. The lowest BCUT2D eigenvalue weighted by molar-refractivity contribution is -0.0379. The lowest BCUT2D eigenvalue weighted by atomic mass is 9.52. The number of rotatable bonds is 6. The second-order valence-electron chi connectivity index (χ2n) is 9.69. The zero-order valence-corrected chi connectivity index (χ0v) is 19.7. The van der Waals surface area contributed by atoms with E-state index in [0.717, 1.165) is 44.1 Å². The molecular weight excluding hydrogens is 442 g/mol. The second kappa shape index (κ2) is 8.25. The topological polar surface area (TPSA) is 134 Å². The Morgan fingerprint density at radius 1 is 1.10 bits per heavy atom. The number of hydrogen-bond donors (Lipinski definition) is 4. The Kier molecular flexibility index (Phi) is 6.24. The van der Waals surface area contributed by atoms with E-state index in [0.29, 0.717) is 30.1 Å². The van der Waals surface area contributed by atoms with Crippen molar-refractivity contribution in [3.63, 3.8) is 0 Å². The summed E-state index contributed by atoms with van der Waals surface area (Å²) in [6.45, 7) is 4.30. The van der Waals surface area contributed by atoms with Gasteiger partial charge in [0.2, 0.25) is 0 Å². The van der Waals surface area contributed by atoms with Crippen molar-refractivity contribution in [1.82, 2.24) is 0 Å². The van der Waals surface area contributed by atoms with Crippen molar-refractivity contribution in [2.75, 3.05) is 0 Å². The average Bonchev–Trinajstić information content (AvgIpc) is 2.95. The molecule has 0 heterocycles. The highest BCUT2D eigenvalue weighted by Crippen LogP contribution is 2.65. The number of hydrogen-bond acceptors (Lipinski definition) is 4. The van der Waals surface area contributed by atoms with Crippen LogP contribution in [0.15, 0.2) is 18.2 Å². The fourth-order valence-corrected chi connectivity index (χ4v) is 7.97. The molecule has 2 fully saturated rings. The van der Waals surface area contributed by atoms with Gasteiger partial charge in [-0.3, -0.25) is 14.3 Å². The van der Waals surface area contributed by atoms with Crippen LogP contribution in [0.1, 0.15) is 69.4 Å². The first-order valence-corrected chi connectivity index (χ1v) is 14.1. The summed E-state index contributed by atoms with van der Waals surface area (Å²) in [5, 5.41) is 0. The highest BCUT2D eigenvalue weighted by molar-refractivity contribution is 7.46. The van der Waals surface area contributed by atoms with Gasteiger partial charge in [0.15, 0.2) is 0 Å². The fraction of sp³-hybridized carbons (Fsp3) is 0.714. The van der Waals surface area contributed by atoms with Crippen molar-refractivity contribution in [3.8, 4) is 5.75 Å². The predicted molar refractivity (Wildman–Crippen MR) is 114 cm³/mol. The molecule has 0 unspecified atom stereocenters. The Bertz CT molecular complexity index is 924. The van der Waals surface area contributed by atoms with Crippen LogP contribution < -0.4 is 4.52 Å². The molecule has 3 aliphatic carbocycles. The summed E-state index contributed by atoms with van der Waals surface area (Å²) < 4.78 is 32.9. The Labute approximate surface area is 182 Å². The van der Waals surface area contributed by atoms with E-state index < -0.39 is 21.7 Å². The number of phosphoric acid groups is 2. The molecule has 0 spiro atoms. The second-order valence-corrected chi connectivity index (χ2v) is 12.0. The SMILES string of the molecule is CCC[C@@H]1Cc2cc(OP(=O)(O)O)ccc2[C@H]2CC[C@]3(C)[C@@H](OP(=O)(O)O)CC[C@H]3[C@H]12. The quantitative estimate of drug-likeness (QED) is 0.443. The summed E-state index contributed by atoms with van der Waals surface area (Å²) in [7, 11) is -9.15. The van der Waals surface area contributed by atoms with Crippen molar-refractivity contribution in [2.24, 2.45) is 23.2 Å². The minimum atomic E-state index is -4.61. The molecule has 0 saturated heterocycles. The van der Waals surface area contributed by atoms with Crippen LogP contribution in [0, 0.1) is 23.2 Å². The number of phosphoric ester groups is 2.